The molecule has 0 radical (unpaired) electrons. The van der Waals surface area contributed by atoms with Gasteiger partial charge in [-0.2, -0.15) is 0 Å². The van der Waals surface area contributed by atoms with Gasteiger partial charge in [0, 0.05) is 6.54 Å². The van der Waals surface area contributed by atoms with Crippen LogP contribution < -0.4 is 9.46 Å². The van der Waals surface area contributed by atoms with E-state index in [4.69, 9.17) is 27.9 Å². The molecule has 0 aromatic heterocycles. The lowest BCUT2D eigenvalue weighted by Crippen LogP contribution is -2.24. The molecule has 0 aliphatic rings. The Hall–Kier alpha value is -1.27. The summed E-state index contributed by atoms with van der Waals surface area (Å²) in [5, 5.41) is 0.737. The number of hydrogen-bond donors (Lipinski definition) is 1. The van der Waals surface area contributed by atoms with Gasteiger partial charge < -0.3 is 4.74 Å². The number of sulfonamides is 1. The van der Waals surface area contributed by atoms with E-state index in [0.717, 1.165) is 11.3 Å². The Labute approximate surface area is 146 Å². The summed E-state index contributed by atoms with van der Waals surface area (Å²) < 4.78 is 32.2. The van der Waals surface area contributed by atoms with E-state index in [1.165, 1.54) is 0 Å². The first-order valence-corrected chi connectivity index (χ1v) is 9.43. The Kier molecular flexibility index (Phi) is 6.30. The molecule has 0 saturated carbocycles. The number of rotatable bonds is 7. The van der Waals surface area contributed by atoms with E-state index in [-0.39, 0.29) is 12.3 Å². The van der Waals surface area contributed by atoms with Crippen LogP contribution in [0, 0.1) is 0 Å². The smallest absolute Gasteiger partial charge is 0.216 e. The van der Waals surface area contributed by atoms with Crippen LogP contribution in [-0.4, -0.2) is 15.0 Å². The van der Waals surface area contributed by atoms with Gasteiger partial charge in [-0.25, -0.2) is 13.1 Å². The maximum atomic E-state index is 12.1. The van der Waals surface area contributed by atoms with Crippen LogP contribution in [0.3, 0.4) is 0 Å². The van der Waals surface area contributed by atoms with E-state index in [2.05, 4.69) is 4.72 Å². The van der Waals surface area contributed by atoms with Crippen molar-refractivity contribution in [1.82, 2.24) is 4.72 Å². The molecule has 1 N–H and O–H groups in total. The fraction of sp³-hybridized carbons (Fsp3) is 0.250. The molecule has 0 unspecified atom stereocenters. The highest BCUT2D eigenvalue weighted by molar-refractivity contribution is 7.88. The number of ether oxygens (including phenoxy) is 1. The Morgan fingerprint density at radius 1 is 1.00 bits per heavy atom. The molecule has 4 nitrogen and oxygen atoms in total. The van der Waals surface area contributed by atoms with E-state index >= 15 is 0 Å². The summed E-state index contributed by atoms with van der Waals surface area (Å²) in [7, 11) is -3.47. The van der Waals surface area contributed by atoms with Crippen LogP contribution in [0.2, 0.25) is 10.0 Å². The molecule has 7 heteroatoms. The summed E-state index contributed by atoms with van der Waals surface area (Å²) in [6, 6.07) is 12.1. The summed E-state index contributed by atoms with van der Waals surface area (Å²) in [4.78, 5) is 0. The van der Waals surface area contributed by atoms with Gasteiger partial charge in [-0.3, -0.25) is 0 Å². The van der Waals surface area contributed by atoms with E-state index in [9.17, 15) is 8.42 Å². The molecule has 23 heavy (non-hydrogen) atoms. The van der Waals surface area contributed by atoms with E-state index in [1.54, 1.807) is 18.2 Å². The second-order valence-electron chi connectivity index (χ2n) is 4.91. The molecular weight excluding hydrogens is 357 g/mol. The molecule has 0 fully saturated rings. The third-order valence-electron chi connectivity index (χ3n) is 3.07. The van der Waals surface area contributed by atoms with Crippen molar-refractivity contribution in [3.63, 3.8) is 0 Å². The zero-order valence-electron chi connectivity index (χ0n) is 12.6. The summed E-state index contributed by atoms with van der Waals surface area (Å²) in [5.41, 5.74) is 1.43. The van der Waals surface area contributed by atoms with Gasteiger partial charge in [-0.1, -0.05) is 41.4 Å². The zero-order valence-corrected chi connectivity index (χ0v) is 14.9. The van der Waals surface area contributed by atoms with E-state index < -0.39 is 10.0 Å². The van der Waals surface area contributed by atoms with Gasteiger partial charge in [0.1, 0.15) is 5.75 Å². The second kappa shape index (κ2) is 8.02. The Bertz CT molecular complexity index is 761. The third kappa shape index (κ3) is 5.70. The Morgan fingerprint density at radius 3 is 2.26 bits per heavy atom. The van der Waals surface area contributed by atoms with Crippen LogP contribution in [0.1, 0.15) is 18.1 Å². The van der Waals surface area contributed by atoms with Gasteiger partial charge >= 0.3 is 0 Å². The molecule has 2 aromatic carbocycles. The molecule has 0 spiro atoms. The monoisotopic (exact) mass is 373 g/mol. The molecule has 0 heterocycles. The first-order chi connectivity index (χ1) is 10.9. The fourth-order valence-corrected chi connectivity index (χ4v) is 3.39. The van der Waals surface area contributed by atoms with E-state index in [0.29, 0.717) is 22.2 Å². The van der Waals surface area contributed by atoms with Gasteiger partial charge in [-0.05, 0) is 42.3 Å². The van der Waals surface area contributed by atoms with Crippen molar-refractivity contribution in [1.29, 1.82) is 0 Å². The number of benzene rings is 2. The maximum Gasteiger partial charge on any atom is 0.216 e. The minimum Gasteiger partial charge on any atom is -0.494 e. The SMILES string of the molecule is CCOc1ccc(CNS(=O)(=O)Cc2ccc(Cl)c(Cl)c2)cc1. The van der Waals surface area contributed by atoms with Crippen LogP contribution in [0.5, 0.6) is 5.75 Å². The van der Waals surface area contributed by atoms with Crippen LogP contribution in [0.25, 0.3) is 0 Å². The van der Waals surface area contributed by atoms with E-state index in [1.807, 2.05) is 31.2 Å². The third-order valence-corrected chi connectivity index (χ3v) is 5.11. The molecular formula is C16H17Cl2NO3S. The molecule has 124 valence electrons. The minimum atomic E-state index is -3.47. The predicted molar refractivity (Wildman–Crippen MR) is 93.5 cm³/mol. The molecule has 0 bridgehead atoms. The van der Waals surface area contributed by atoms with Gasteiger partial charge in [0.05, 0.1) is 22.4 Å². The van der Waals surface area contributed by atoms with Crippen LogP contribution in [0.15, 0.2) is 42.5 Å². The maximum absolute atomic E-state index is 12.1. The fourth-order valence-electron chi connectivity index (χ4n) is 1.96. The van der Waals surface area contributed by atoms with Gasteiger partial charge in [0.25, 0.3) is 0 Å². The van der Waals surface area contributed by atoms with Crippen molar-refractivity contribution >= 4 is 33.2 Å². The van der Waals surface area contributed by atoms with Crippen molar-refractivity contribution in [2.75, 3.05) is 6.61 Å². The normalized spacial score (nSPS) is 11.4. The molecule has 0 aliphatic carbocycles. The lowest BCUT2D eigenvalue weighted by Gasteiger charge is -2.09. The zero-order chi connectivity index (χ0) is 16.9. The topological polar surface area (TPSA) is 55.4 Å². The predicted octanol–water partition coefficient (Wildman–Crippen LogP) is 4.01. The molecule has 2 rings (SSSR count). The lowest BCUT2D eigenvalue weighted by atomic mass is 10.2. The molecule has 0 atom stereocenters. The average Bonchev–Trinajstić information content (AvgIpc) is 2.50. The summed E-state index contributed by atoms with van der Waals surface area (Å²) in [6.45, 7) is 2.72. The Balaban J connectivity index is 1.96. The quantitative estimate of drug-likeness (QED) is 0.797. The average molecular weight is 374 g/mol. The minimum absolute atomic E-state index is 0.152. The van der Waals surface area contributed by atoms with Gasteiger partial charge in [0.15, 0.2) is 0 Å². The Morgan fingerprint density at radius 2 is 1.65 bits per heavy atom. The molecule has 0 saturated heterocycles. The molecule has 0 amide bonds. The van der Waals surface area contributed by atoms with Crippen molar-refractivity contribution < 1.29 is 13.2 Å². The highest BCUT2D eigenvalue weighted by Gasteiger charge is 2.12. The van der Waals surface area contributed by atoms with Crippen molar-refractivity contribution in [2.24, 2.45) is 0 Å². The summed E-state index contributed by atoms with van der Waals surface area (Å²) in [5.74, 6) is 0.607. The standard InChI is InChI=1S/C16H17Cl2NO3S/c1-2-22-14-6-3-12(4-7-14)10-19-23(20,21)11-13-5-8-15(17)16(18)9-13/h3-9,19H,2,10-11H2,1H3. The number of nitrogens with one attached hydrogen (secondary N) is 1. The van der Waals surface area contributed by atoms with Crippen LogP contribution in [-0.2, 0) is 22.3 Å². The summed E-state index contributed by atoms with van der Waals surface area (Å²) in [6.07, 6.45) is 0. The van der Waals surface area contributed by atoms with Crippen molar-refractivity contribution in [2.45, 2.75) is 19.2 Å². The number of hydrogen-bond acceptors (Lipinski definition) is 3. The first kappa shape index (κ1) is 18.1. The first-order valence-electron chi connectivity index (χ1n) is 7.02. The van der Waals surface area contributed by atoms with Crippen molar-refractivity contribution in [3.05, 3.63) is 63.6 Å². The molecule has 2 aromatic rings. The highest BCUT2D eigenvalue weighted by atomic mass is 35.5. The number of halogens is 2. The largest absolute Gasteiger partial charge is 0.494 e. The highest BCUT2D eigenvalue weighted by Crippen LogP contribution is 2.23. The van der Waals surface area contributed by atoms with Gasteiger partial charge in [-0.15, -0.1) is 0 Å². The van der Waals surface area contributed by atoms with Crippen LogP contribution >= 0.6 is 23.2 Å². The van der Waals surface area contributed by atoms with Gasteiger partial charge in [0.2, 0.25) is 10.0 Å². The second-order valence-corrected chi connectivity index (χ2v) is 7.53. The van der Waals surface area contributed by atoms with Crippen LogP contribution in [0.4, 0.5) is 0 Å². The van der Waals surface area contributed by atoms with Crippen molar-refractivity contribution in [3.8, 4) is 5.75 Å². The summed E-state index contributed by atoms with van der Waals surface area (Å²) >= 11 is 11.7. The lowest BCUT2D eigenvalue weighted by molar-refractivity contribution is 0.340. The molecule has 0 aliphatic heterocycles.